The Morgan fingerprint density at radius 2 is 2.15 bits per heavy atom. The van der Waals surface area contributed by atoms with Crippen molar-refractivity contribution in [2.75, 3.05) is 12.3 Å². The monoisotopic (exact) mass is 423 g/mol. The molecule has 0 bridgehead atoms. The van der Waals surface area contributed by atoms with E-state index in [1.165, 1.54) is 11.3 Å². The third-order valence-corrected chi connectivity index (χ3v) is 7.42. The van der Waals surface area contributed by atoms with Gasteiger partial charge in [0.1, 0.15) is 11.6 Å². The third kappa shape index (κ3) is 4.54. The molecule has 0 radical (unpaired) electrons. The summed E-state index contributed by atoms with van der Waals surface area (Å²) in [5.74, 6) is 1.04. The van der Waals surface area contributed by atoms with Gasteiger partial charge in [-0.05, 0) is 6.92 Å². The van der Waals surface area contributed by atoms with Crippen LogP contribution in [0.1, 0.15) is 22.0 Å². The van der Waals surface area contributed by atoms with Crippen LogP contribution in [0.5, 0.6) is 0 Å². The van der Waals surface area contributed by atoms with E-state index in [-0.39, 0.29) is 6.61 Å². The van der Waals surface area contributed by atoms with Gasteiger partial charge < -0.3 is 10.6 Å². The van der Waals surface area contributed by atoms with Crippen molar-refractivity contribution in [3.8, 4) is 0 Å². The summed E-state index contributed by atoms with van der Waals surface area (Å²) in [6.45, 7) is 4.16. The van der Waals surface area contributed by atoms with E-state index in [1.807, 2.05) is 17.0 Å². The predicted octanol–water partition coefficient (Wildman–Crippen LogP) is 1.82. The summed E-state index contributed by atoms with van der Waals surface area (Å²) in [5.41, 5.74) is 9.60. The Morgan fingerprint density at radius 1 is 1.38 bits per heavy atom. The molecule has 14 heteroatoms. The van der Waals surface area contributed by atoms with Crippen LogP contribution in [0.15, 0.2) is 11.7 Å². The van der Waals surface area contributed by atoms with Gasteiger partial charge in [0.05, 0.1) is 17.0 Å². The van der Waals surface area contributed by atoms with E-state index in [4.69, 9.17) is 15.2 Å². The lowest BCUT2D eigenvalue weighted by atomic mass is 10.2. The number of rotatable bonds is 6. The Hall–Kier alpha value is -1.23. The van der Waals surface area contributed by atoms with Gasteiger partial charge in [-0.1, -0.05) is 11.3 Å². The van der Waals surface area contributed by atoms with Crippen LogP contribution in [0, 0.1) is 13.8 Å². The highest BCUT2D eigenvalue weighted by molar-refractivity contribution is 7.63. The standard InChI is InChI=1S/C12H16N4O7P2S/c1-8-11(3-4-20-25(19)22-21-24(17,18)23-25)26-7-16(8)6-10-5-14-9(2)15-12(10)13/h5,7H,3-4,6H2,1-2H3,(H2-,13,14,15,17,18)/p+1/t25-/m1/s1. The van der Waals surface area contributed by atoms with E-state index in [0.717, 1.165) is 16.1 Å². The minimum absolute atomic E-state index is 0.0439. The molecule has 26 heavy (non-hydrogen) atoms. The Labute approximate surface area is 152 Å². The first-order valence-electron chi connectivity index (χ1n) is 7.38. The van der Waals surface area contributed by atoms with Gasteiger partial charge in [0.15, 0.2) is 12.2 Å². The highest BCUT2D eigenvalue weighted by Gasteiger charge is 2.49. The molecule has 3 heterocycles. The SMILES string of the molecule is Cc1ncc(C[n+]2csc(CCO[P@]3(=O)OOP(=O)(O)O3)c2C)c(N)n1. The number of hydrogen-bond acceptors (Lipinski definition) is 10. The number of anilines is 1. The molecule has 2 atom stereocenters. The molecule has 0 spiro atoms. The highest BCUT2D eigenvalue weighted by Crippen LogP contribution is 2.71. The minimum Gasteiger partial charge on any atom is -0.383 e. The fourth-order valence-corrected chi connectivity index (χ4v) is 5.61. The Balaban J connectivity index is 1.61. The number of hydrogen-bond donors (Lipinski definition) is 2. The molecule has 1 fully saturated rings. The molecule has 1 unspecified atom stereocenters. The smallest absolute Gasteiger partial charge is 0.383 e. The fraction of sp³-hybridized carbons (Fsp3) is 0.417. The Morgan fingerprint density at radius 3 is 2.81 bits per heavy atom. The van der Waals surface area contributed by atoms with E-state index in [0.29, 0.717) is 24.6 Å². The van der Waals surface area contributed by atoms with Crippen molar-refractivity contribution in [3.05, 3.63) is 33.7 Å². The van der Waals surface area contributed by atoms with E-state index in [2.05, 4.69) is 23.6 Å². The van der Waals surface area contributed by atoms with Crippen LogP contribution in [0.25, 0.3) is 0 Å². The maximum Gasteiger partial charge on any atom is 0.511 e. The van der Waals surface area contributed by atoms with Gasteiger partial charge in [0.25, 0.3) is 0 Å². The fourth-order valence-electron chi connectivity index (χ4n) is 2.20. The molecule has 1 aliphatic rings. The number of aryl methyl sites for hydroxylation is 1. The zero-order chi connectivity index (χ0) is 18.9. The van der Waals surface area contributed by atoms with Gasteiger partial charge in [-0.15, -0.1) is 9.35 Å². The van der Waals surface area contributed by atoms with Gasteiger partial charge in [-0.3, -0.25) is 4.52 Å². The summed E-state index contributed by atoms with van der Waals surface area (Å²) in [6.07, 6.45) is 2.09. The number of phosphoric acid groups is 2. The molecule has 11 nitrogen and oxygen atoms in total. The van der Waals surface area contributed by atoms with E-state index < -0.39 is 15.6 Å². The lowest BCUT2D eigenvalue weighted by Gasteiger charge is -2.05. The number of aromatic nitrogens is 3. The van der Waals surface area contributed by atoms with Crippen molar-refractivity contribution in [2.24, 2.45) is 0 Å². The quantitative estimate of drug-likeness (QED) is 0.400. The van der Waals surface area contributed by atoms with Crippen molar-refractivity contribution in [1.29, 1.82) is 0 Å². The summed E-state index contributed by atoms with van der Waals surface area (Å²) >= 11 is 1.48. The largest absolute Gasteiger partial charge is 0.511 e. The minimum atomic E-state index is -4.47. The maximum atomic E-state index is 11.9. The average molecular weight is 423 g/mol. The zero-order valence-electron chi connectivity index (χ0n) is 13.9. The molecule has 2 aromatic heterocycles. The summed E-state index contributed by atoms with van der Waals surface area (Å²) in [6, 6.07) is 0. The molecule has 0 saturated carbocycles. The molecule has 3 N–H and O–H groups in total. The molecular formula is C12H17N4O7P2S+. The number of nitrogens with zero attached hydrogens (tertiary/aromatic N) is 3. The van der Waals surface area contributed by atoms with Gasteiger partial charge in [-0.2, -0.15) is 8.88 Å². The summed E-state index contributed by atoms with van der Waals surface area (Å²) < 4.78 is 42.3. The number of thiazole rings is 1. The van der Waals surface area contributed by atoms with Crippen LogP contribution < -0.4 is 10.3 Å². The molecule has 1 aliphatic heterocycles. The van der Waals surface area contributed by atoms with Crippen LogP contribution in [0.2, 0.25) is 0 Å². The average Bonchev–Trinajstić information content (AvgIpc) is 3.03. The van der Waals surface area contributed by atoms with Crippen molar-refractivity contribution >= 4 is 32.8 Å². The van der Waals surface area contributed by atoms with Crippen LogP contribution in [0.3, 0.4) is 0 Å². The van der Waals surface area contributed by atoms with Gasteiger partial charge in [0.2, 0.25) is 5.51 Å². The van der Waals surface area contributed by atoms with Crippen LogP contribution in [-0.4, -0.2) is 21.5 Å². The van der Waals surface area contributed by atoms with Crippen LogP contribution >= 0.6 is 27.0 Å². The molecule has 3 rings (SSSR count). The maximum absolute atomic E-state index is 11.9. The third-order valence-electron chi connectivity index (χ3n) is 3.52. The Bertz CT molecular complexity index is 921. The van der Waals surface area contributed by atoms with E-state index >= 15 is 0 Å². The summed E-state index contributed by atoms with van der Waals surface area (Å²) in [7, 11) is -8.64. The number of nitrogens with two attached hydrogens (primary N) is 1. The van der Waals surface area contributed by atoms with Gasteiger partial charge in [0, 0.05) is 19.5 Å². The van der Waals surface area contributed by atoms with E-state index in [9.17, 15) is 9.13 Å². The molecule has 0 aromatic carbocycles. The van der Waals surface area contributed by atoms with Crippen LogP contribution in [-0.2, 0) is 40.3 Å². The first-order valence-corrected chi connectivity index (χ1v) is 11.2. The first-order chi connectivity index (χ1) is 12.2. The van der Waals surface area contributed by atoms with Crippen molar-refractivity contribution in [3.63, 3.8) is 0 Å². The second-order valence-corrected chi connectivity index (χ2v) is 9.40. The molecule has 2 aromatic rings. The summed E-state index contributed by atoms with van der Waals surface area (Å²) in [5, 5.41) is 0. The van der Waals surface area contributed by atoms with Crippen molar-refractivity contribution in [2.45, 2.75) is 26.8 Å². The predicted molar refractivity (Wildman–Crippen MR) is 89.9 cm³/mol. The second-order valence-electron chi connectivity index (χ2n) is 5.42. The highest BCUT2D eigenvalue weighted by atomic mass is 32.1. The van der Waals surface area contributed by atoms with E-state index in [1.54, 1.807) is 13.1 Å². The normalized spacial score (nSPS) is 25.7. The molecular weight excluding hydrogens is 406 g/mol. The number of nitrogen functional groups attached to an aromatic ring is 1. The van der Waals surface area contributed by atoms with Crippen molar-refractivity contribution < 1.29 is 36.8 Å². The topological polar surface area (TPSA) is 147 Å². The molecule has 0 amide bonds. The Kier molecular flexibility index (Phi) is 5.57. The second kappa shape index (κ2) is 7.41. The first kappa shape index (κ1) is 19.5. The summed E-state index contributed by atoms with van der Waals surface area (Å²) in [4.78, 5) is 18.2. The lowest BCUT2D eigenvalue weighted by molar-refractivity contribution is -0.689. The zero-order valence-corrected chi connectivity index (χ0v) is 16.5. The molecule has 1 saturated heterocycles. The van der Waals surface area contributed by atoms with Gasteiger partial charge in [-0.25, -0.2) is 19.1 Å². The molecule has 0 aliphatic carbocycles. The van der Waals surface area contributed by atoms with Gasteiger partial charge >= 0.3 is 15.6 Å². The lowest BCUT2D eigenvalue weighted by Crippen LogP contribution is -2.35. The van der Waals surface area contributed by atoms with Crippen molar-refractivity contribution in [1.82, 2.24) is 9.97 Å². The van der Waals surface area contributed by atoms with Crippen LogP contribution in [0.4, 0.5) is 5.82 Å². The molecule has 142 valence electrons.